The van der Waals surface area contributed by atoms with Gasteiger partial charge in [-0.25, -0.2) is 0 Å². The van der Waals surface area contributed by atoms with Crippen LogP contribution in [0.5, 0.6) is 11.5 Å². The van der Waals surface area contributed by atoms with Crippen LogP contribution < -0.4 is 15.2 Å². The molecule has 0 amide bonds. The SMILES string of the molecule is C/C=C/c1sc(N)c2c1OCCO2. The molecule has 0 radical (unpaired) electrons. The molecule has 1 aliphatic rings. The Kier molecular flexibility index (Phi) is 2.14. The fourth-order valence-corrected chi connectivity index (χ4v) is 2.19. The van der Waals surface area contributed by atoms with Gasteiger partial charge >= 0.3 is 0 Å². The monoisotopic (exact) mass is 197 g/mol. The summed E-state index contributed by atoms with van der Waals surface area (Å²) in [5.74, 6) is 1.51. The van der Waals surface area contributed by atoms with Crippen molar-refractivity contribution in [1.82, 2.24) is 0 Å². The highest BCUT2D eigenvalue weighted by atomic mass is 32.1. The van der Waals surface area contributed by atoms with Crippen molar-refractivity contribution < 1.29 is 9.47 Å². The first-order valence-corrected chi connectivity index (χ1v) is 4.95. The third-order valence-corrected chi connectivity index (χ3v) is 2.71. The van der Waals surface area contributed by atoms with Crippen molar-refractivity contribution in [2.75, 3.05) is 18.9 Å². The molecule has 0 fully saturated rings. The van der Waals surface area contributed by atoms with E-state index in [9.17, 15) is 0 Å². The third kappa shape index (κ3) is 1.37. The average Bonchev–Trinajstić information content (AvgIpc) is 2.46. The number of hydrogen-bond donors (Lipinski definition) is 1. The van der Waals surface area contributed by atoms with Crippen molar-refractivity contribution in [3.8, 4) is 11.5 Å². The molecule has 2 rings (SSSR count). The molecule has 1 aromatic rings. The van der Waals surface area contributed by atoms with Crippen molar-refractivity contribution in [2.45, 2.75) is 6.92 Å². The van der Waals surface area contributed by atoms with E-state index in [4.69, 9.17) is 15.2 Å². The zero-order valence-corrected chi connectivity index (χ0v) is 8.19. The molecule has 13 heavy (non-hydrogen) atoms. The second-order valence-corrected chi connectivity index (χ2v) is 3.77. The Morgan fingerprint density at radius 1 is 1.31 bits per heavy atom. The molecule has 0 aromatic carbocycles. The number of nitrogen functional groups attached to an aromatic ring is 1. The molecule has 1 aliphatic heterocycles. The molecule has 2 heterocycles. The molecule has 0 saturated heterocycles. The minimum absolute atomic E-state index is 0.587. The normalized spacial score (nSPS) is 15.2. The predicted octanol–water partition coefficient (Wildman–Crippen LogP) is 2.13. The average molecular weight is 197 g/mol. The Balaban J connectivity index is 2.47. The third-order valence-electron chi connectivity index (χ3n) is 1.77. The van der Waals surface area contributed by atoms with Gasteiger partial charge in [0.15, 0.2) is 11.5 Å². The number of allylic oxidation sites excluding steroid dienone is 1. The van der Waals surface area contributed by atoms with Gasteiger partial charge < -0.3 is 15.2 Å². The first-order valence-electron chi connectivity index (χ1n) is 4.13. The second kappa shape index (κ2) is 3.30. The smallest absolute Gasteiger partial charge is 0.196 e. The molecule has 1 aromatic heterocycles. The molecule has 4 heteroatoms. The van der Waals surface area contributed by atoms with Gasteiger partial charge in [-0.05, 0) is 13.0 Å². The van der Waals surface area contributed by atoms with Crippen LogP contribution in [0.25, 0.3) is 6.08 Å². The number of nitrogens with two attached hydrogens (primary N) is 1. The molecule has 3 nitrogen and oxygen atoms in total. The fraction of sp³-hybridized carbons (Fsp3) is 0.333. The Morgan fingerprint density at radius 2 is 2.00 bits per heavy atom. The van der Waals surface area contributed by atoms with Crippen molar-refractivity contribution in [1.29, 1.82) is 0 Å². The minimum atomic E-state index is 0.587. The maximum atomic E-state index is 5.77. The lowest BCUT2D eigenvalue weighted by Crippen LogP contribution is -2.15. The summed E-state index contributed by atoms with van der Waals surface area (Å²) in [4.78, 5) is 1.04. The number of anilines is 1. The van der Waals surface area contributed by atoms with Crippen molar-refractivity contribution >= 4 is 22.4 Å². The first kappa shape index (κ1) is 8.44. The maximum Gasteiger partial charge on any atom is 0.196 e. The highest BCUT2D eigenvalue weighted by Crippen LogP contribution is 2.46. The van der Waals surface area contributed by atoms with Gasteiger partial charge in [-0.15, -0.1) is 11.3 Å². The molecular formula is C9H11NO2S. The van der Waals surface area contributed by atoms with Gasteiger partial charge in [0, 0.05) is 0 Å². The van der Waals surface area contributed by atoms with Crippen LogP contribution in [0.2, 0.25) is 0 Å². The zero-order chi connectivity index (χ0) is 9.26. The van der Waals surface area contributed by atoms with E-state index >= 15 is 0 Å². The zero-order valence-electron chi connectivity index (χ0n) is 7.37. The van der Waals surface area contributed by atoms with Gasteiger partial charge in [0.1, 0.15) is 18.2 Å². The van der Waals surface area contributed by atoms with Crippen LogP contribution in [-0.2, 0) is 0 Å². The van der Waals surface area contributed by atoms with Crippen LogP contribution in [0.4, 0.5) is 5.00 Å². The van der Waals surface area contributed by atoms with Crippen LogP contribution in [-0.4, -0.2) is 13.2 Å². The van der Waals surface area contributed by atoms with E-state index < -0.39 is 0 Å². The van der Waals surface area contributed by atoms with Gasteiger partial charge in [-0.3, -0.25) is 0 Å². The van der Waals surface area contributed by atoms with E-state index in [2.05, 4.69) is 0 Å². The number of fused-ring (bicyclic) bond motifs is 1. The van der Waals surface area contributed by atoms with Crippen molar-refractivity contribution in [2.24, 2.45) is 0 Å². The van der Waals surface area contributed by atoms with E-state index in [1.807, 2.05) is 19.1 Å². The second-order valence-electron chi connectivity index (χ2n) is 2.69. The lowest BCUT2D eigenvalue weighted by Gasteiger charge is -2.15. The summed E-state index contributed by atoms with van der Waals surface area (Å²) < 4.78 is 10.9. The summed E-state index contributed by atoms with van der Waals surface area (Å²) in [5.41, 5.74) is 5.77. The lowest BCUT2D eigenvalue weighted by molar-refractivity contribution is 0.174. The Morgan fingerprint density at radius 3 is 2.69 bits per heavy atom. The topological polar surface area (TPSA) is 44.5 Å². The van der Waals surface area contributed by atoms with Crippen LogP contribution >= 0.6 is 11.3 Å². The minimum Gasteiger partial charge on any atom is -0.485 e. The highest BCUT2D eigenvalue weighted by molar-refractivity contribution is 7.17. The van der Waals surface area contributed by atoms with E-state index in [1.54, 1.807) is 0 Å². The summed E-state index contributed by atoms with van der Waals surface area (Å²) in [5, 5.41) is 0.697. The summed E-state index contributed by atoms with van der Waals surface area (Å²) in [6.45, 7) is 3.16. The number of rotatable bonds is 1. The van der Waals surface area contributed by atoms with Crippen LogP contribution in [0.1, 0.15) is 11.8 Å². The molecule has 2 N–H and O–H groups in total. The quantitative estimate of drug-likeness (QED) is 0.750. The molecular weight excluding hydrogens is 186 g/mol. The van der Waals surface area contributed by atoms with Gasteiger partial charge in [-0.2, -0.15) is 0 Å². The summed E-state index contributed by atoms with van der Waals surface area (Å²) >= 11 is 1.50. The highest BCUT2D eigenvalue weighted by Gasteiger charge is 2.21. The van der Waals surface area contributed by atoms with E-state index in [0.29, 0.717) is 24.0 Å². The Bertz CT molecular complexity index is 344. The van der Waals surface area contributed by atoms with Gasteiger partial charge in [0.25, 0.3) is 0 Å². The van der Waals surface area contributed by atoms with E-state index in [-0.39, 0.29) is 0 Å². The largest absolute Gasteiger partial charge is 0.485 e. The molecule has 70 valence electrons. The predicted molar refractivity (Wildman–Crippen MR) is 54.4 cm³/mol. The van der Waals surface area contributed by atoms with Gasteiger partial charge in [0.05, 0.1) is 4.88 Å². The van der Waals surface area contributed by atoms with E-state index in [0.717, 1.165) is 10.6 Å². The summed E-state index contributed by atoms with van der Waals surface area (Å²) in [7, 11) is 0. The molecule has 0 aliphatic carbocycles. The molecule has 0 spiro atoms. The standard InChI is InChI=1S/C9H11NO2S/c1-2-3-6-7-8(9(10)13-6)12-5-4-11-7/h2-3H,4-5,10H2,1H3/b3-2+. The summed E-state index contributed by atoms with van der Waals surface area (Å²) in [6, 6.07) is 0. The molecule has 0 unspecified atom stereocenters. The fourth-order valence-electron chi connectivity index (χ4n) is 1.26. The number of ether oxygens (including phenoxy) is 2. The number of thiophene rings is 1. The van der Waals surface area contributed by atoms with Crippen LogP contribution in [0, 0.1) is 0 Å². The number of hydrogen-bond acceptors (Lipinski definition) is 4. The van der Waals surface area contributed by atoms with Crippen molar-refractivity contribution in [3.63, 3.8) is 0 Å². The summed E-state index contributed by atoms with van der Waals surface area (Å²) in [6.07, 6.45) is 3.94. The molecule has 0 saturated carbocycles. The van der Waals surface area contributed by atoms with Crippen molar-refractivity contribution in [3.05, 3.63) is 11.0 Å². The first-order chi connectivity index (χ1) is 6.33. The van der Waals surface area contributed by atoms with Crippen LogP contribution in [0.3, 0.4) is 0 Å². The molecule has 0 bridgehead atoms. The van der Waals surface area contributed by atoms with Gasteiger partial charge in [-0.1, -0.05) is 6.08 Å². The van der Waals surface area contributed by atoms with Gasteiger partial charge in [0.2, 0.25) is 0 Å². The Labute approximate surface area is 80.8 Å². The lowest BCUT2D eigenvalue weighted by atomic mass is 10.3. The molecule has 0 atom stereocenters. The Hall–Kier alpha value is -1.16. The maximum absolute atomic E-state index is 5.77. The van der Waals surface area contributed by atoms with Crippen LogP contribution in [0.15, 0.2) is 6.08 Å². The van der Waals surface area contributed by atoms with E-state index in [1.165, 1.54) is 11.3 Å².